The average Bonchev–Trinajstić information content (AvgIpc) is 1.84. The number of aliphatic hydroxyl groups excluding tert-OH is 2. The Bertz CT molecular complexity index is 101. The molecule has 0 heterocycles. The molecule has 0 bridgehead atoms. The van der Waals surface area contributed by atoms with Crippen molar-refractivity contribution in [1.29, 1.82) is 5.26 Å². The maximum Gasteiger partial charge on any atom is 0.167 e. The molecule has 0 aliphatic heterocycles. The molecule has 0 aliphatic carbocycles. The zero-order valence-corrected chi connectivity index (χ0v) is 4.84. The highest BCUT2D eigenvalue weighted by Crippen LogP contribution is 1.92. The summed E-state index contributed by atoms with van der Waals surface area (Å²) in [6, 6.07) is 1.44. The molecule has 0 aromatic carbocycles. The molecule has 0 saturated carbocycles. The Morgan fingerprint density at radius 3 is 2.25 bits per heavy atom. The van der Waals surface area contributed by atoms with E-state index >= 15 is 0 Å². The number of alkyl halides is 1. The van der Waals surface area contributed by atoms with E-state index in [0.29, 0.717) is 0 Å². The lowest BCUT2D eigenvalue weighted by atomic mass is 10.2. The van der Waals surface area contributed by atoms with Crippen LogP contribution in [0.1, 0.15) is 0 Å². The third-order valence-corrected chi connectivity index (χ3v) is 0.971. The molecule has 2 N–H and O–H groups in total. The zero-order chi connectivity index (χ0) is 6.57. The lowest BCUT2D eigenvalue weighted by Gasteiger charge is -2.04. The number of rotatable bonds is 2. The van der Waals surface area contributed by atoms with Gasteiger partial charge in [-0.2, -0.15) is 5.26 Å². The summed E-state index contributed by atoms with van der Waals surface area (Å²) in [6.07, 6.45) is -2.48. The highest BCUT2D eigenvalue weighted by Gasteiger charge is 2.12. The fourth-order valence-corrected chi connectivity index (χ4v) is 0.339. The Labute approximate surface area is 52.1 Å². The number of halogens is 1. The van der Waals surface area contributed by atoms with Gasteiger partial charge in [0.2, 0.25) is 0 Å². The number of nitriles is 1. The summed E-state index contributed by atoms with van der Waals surface area (Å²) in [6.45, 7) is 0. The van der Waals surface area contributed by atoms with Gasteiger partial charge >= 0.3 is 0 Å². The van der Waals surface area contributed by atoms with Crippen LogP contribution in [-0.2, 0) is 0 Å². The lowest BCUT2D eigenvalue weighted by molar-refractivity contribution is 0.0688. The van der Waals surface area contributed by atoms with E-state index in [1.807, 2.05) is 0 Å². The minimum Gasteiger partial charge on any atom is -0.388 e. The van der Waals surface area contributed by atoms with Crippen LogP contribution in [-0.4, -0.2) is 28.3 Å². The molecule has 4 heteroatoms. The summed E-state index contributed by atoms with van der Waals surface area (Å²) >= 11 is 5.06. The standard InChI is InChI=1S/C4H6ClNO2/c5-1-3(7)4(8)2-6/h3-4,7-8H,1H2/t3-,4+/m0/s1. The van der Waals surface area contributed by atoms with Gasteiger partial charge in [-0.1, -0.05) is 0 Å². The maximum atomic E-state index is 8.52. The van der Waals surface area contributed by atoms with E-state index in [-0.39, 0.29) is 5.88 Å². The first-order chi connectivity index (χ1) is 3.72. The fourth-order valence-electron chi connectivity index (χ4n) is 0.170. The molecule has 0 rings (SSSR count). The topological polar surface area (TPSA) is 64.2 Å². The van der Waals surface area contributed by atoms with Crippen LogP contribution in [0.2, 0.25) is 0 Å². The molecule has 0 aromatic heterocycles. The van der Waals surface area contributed by atoms with Gasteiger partial charge in [-0.05, 0) is 0 Å². The van der Waals surface area contributed by atoms with Gasteiger partial charge in [0, 0.05) is 0 Å². The largest absolute Gasteiger partial charge is 0.388 e. The number of nitrogens with zero attached hydrogens (tertiary/aromatic N) is 1. The van der Waals surface area contributed by atoms with Crippen LogP contribution in [0.15, 0.2) is 0 Å². The Morgan fingerprint density at radius 1 is 1.62 bits per heavy atom. The van der Waals surface area contributed by atoms with Crippen molar-refractivity contribution in [3.8, 4) is 6.07 Å². The highest BCUT2D eigenvalue weighted by molar-refractivity contribution is 6.18. The molecular formula is C4H6ClNO2. The first kappa shape index (κ1) is 7.70. The van der Waals surface area contributed by atoms with Crippen molar-refractivity contribution in [2.45, 2.75) is 12.2 Å². The third kappa shape index (κ3) is 2.12. The molecule has 0 saturated heterocycles. The molecule has 46 valence electrons. The monoisotopic (exact) mass is 135 g/mol. The minimum atomic E-state index is -1.35. The smallest absolute Gasteiger partial charge is 0.167 e. The summed E-state index contributed by atoms with van der Waals surface area (Å²) in [7, 11) is 0. The van der Waals surface area contributed by atoms with Gasteiger partial charge in [0.15, 0.2) is 6.10 Å². The van der Waals surface area contributed by atoms with E-state index in [2.05, 4.69) is 0 Å². The van der Waals surface area contributed by atoms with Gasteiger partial charge in [-0.3, -0.25) is 0 Å². The summed E-state index contributed by atoms with van der Waals surface area (Å²) < 4.78 is 0. The quantitative estimate of drug-likeness (QED) is 0.395. The molecule has 0 spiro atoms. The second kappa shape index (κ2) is 3.67. The molecule has 8 heavy (non-hydrogen) atoms. The number of hydrogen-bond donors (Lipinski definition) is 2. The van der Waals surface area contributed by atoms with Crippen LogP contribution in [0.5, 0.6) is 0 Å². The van der Waals surface area contributed by atoms with Crippen LogP contribution in [0.3, 0.4) is 0 Å². The molecule has 0 radical (unpaired) electrons. The van der Waals surface area contributed by atoms with E-state index in [9.17, 15) is 0 Å². The van der Waals surface area contributed by atoms with Crippen molar-refractivity contribution in [3.05, 3.63) is 0 Å². The normalized spacial score (nSPS) is 16.8. The van der Waals surface area contributed by atoms with Gasteiger partial charge in [0.25, 0.3) is 0 Å². The maximum absolute atomic E-state index is 8.52. The van der Waals surface area contributed by atoms with Crippen LogP contribution in [0, 0.1) is 11.3 Å². The molecule has 0 aromatic rings. The van der Waals surface area contributed by atoms with Gasteiger partial charge < -0.3 is 10.2 Å². The predicted molar refractivity (Wildman–Crippen MR) is 28.3 cm³/mol. The minimum absolute atomic E-state index is 0.116. The van der Waals surface area contributed by atoms with Crippen LogP contribution in [0.25, 0.3) is 0 Å². The van der Waals surface area contributed by atoms with E-state index < -0.39 is 12.2 Å². The number of aliphatic hydroxyl groups is 2. The molecule has 0 fully saturated rings. The van der Waals surface area contributed by atoms with E-state index in [0.717, 1.165) is 0 Å². The second-order valence-corrected chi connectivity index (χ2v) is 1.60. The van der Waals surface area contributed by atoms with Crippen LogP contribution < -0.4 is 0 Å². The highest BCUT2D eigenvalue weighted by atomic mass is 35.5. The van der Waals surface area contributed by atoms with E-state index in [1.165, 1.54) is 6.07 Å². The van der Waals surface area contributed by atoms with Crippen LogP contribution in [0.4, 0.5) is 0 Å². The Morgan fingerprint density at radius 2 is 2.12 bits per heavy atom. The first-order valence-electron chi connectivity index (χ1n) is 2.04. The second-order valence-electron chi connectivity index (χ2n) is 1.30. The number of hydrogen-bond acceptors (Lipinski definition) is 3. The van der Waals surface area contributed by atoms with Crippen molar-refractivity contribution in [1.82, 2.24) is 0 Å². The van der Waals surface area contributed by atoms with Crippen molar-refractivity contribution < 1.29 is 10.2 Å². The molecule has 0 unspecified atom stereocenters. The fraction of sp³-hybridized carbons (Fsp3) is 0.750. The molecular weight excluding hydrogens is 130 g/mol. The van der Waals surface area contributed by atoms with Gasteiger partial charge in [0.05, 0.1) is 11.9 Å². The SMILES string of the molecule is N#C[C@@H](O)[C@@H](O)CCl. The van der Waals surface area contributed by atoms with Crippen molar-refractivity contribution in [2.75, 3.05) is 5.88 Å². The van der Waals surface area contributed by atoms with Crippen molar-refractivity contribution in [3.63, 3.8) is 0 Å². The average molecular weight is 136 g/mol. The first-order valence-corrected chi connectivity index (χ1v) is 2.57. The van der Waals surface area contributed by atoms with Crippen molar-refractivity contribution in [2.24, 2.45) is 0 Å². The van der Waals surface area contributed by atoms with Gasteiger partial charge in [0.1, 0.15) is 6.10 Å². The van der Waals surface area contributed by atoms with Gasteiger partial charge in [-0.15, -0.1) is 11.6 Å². The Hall–Kier alpha value is -0.300. The molecule has 2 atom stereocenters. The molecule has 0 amide bonds. The van der Waals surface area contributed by atoms with Crippen LogP contribution >= 0.6 is 11.6 Å². The van der Waals surface area contributed by atoms with E-state index in [4.69, 9.17) is 27.1 Å². The zero-order valence-electron chi connectivity index (χ0n) is 4.08. The summed E-state index contributed by atoms with van der Waals surface area (Å²) in [5.74, 6) is -0.116. The molecule has 0 aliphatic rings. The van der Waals surface area contributed by atoms with E-state index in [1.54, 1.807) is 0 Å². The van der Waals surface area contributed by atoms with Crippen molar-refractivity contribution >= 4 is 11.6 Å². The molecule has 3 nitrogen and oxygen atoms in total. The van der Waals surface area contributed by atoms with Gasteiger partial charge in [-0.25, -0.2) is 0 Å². The summed E-state index contributed by atoms with van der Waals surface area (Å²) in [5, 5.41) is 24.9. The lowest BCUT2D eigenvalue weighted by Crippen LogP contribution is -2.25. The summed E-state index contributed by atoms with van der Waals surface area (Å²) in [4.78, 5) is 0. The third-order valence-electron chi connectivity index (χ3n) is 0.655. The predicted octanol–water partition coefficient (Wildman–Crippen LogP) is -0.529. The summed E-state index contributed by atoms with van der Waals surface area (Å²) in [5.41, 5.74) is 0. The Balaban J connectivity index is 3.49. The Kier molecular flexibility index (Phi) is 3.53.